The van der Waals surface area contributed by atoms with Crippen LogP contribution in [-0.4, -0.2) is 61.0 Å². The van der Waals surface area contributed by atoms with Crippen LogP contribution < -0.4 is 9.47 Å². The maximum absolute atomic E-state index is 12.6. The van der Waals surface area contributed by atoms with Gasteiger partial charge in [-0.3, -0.25) is 9.59 Å². The molecular formula is C20H28N2O4. The molecule has 1 saturated heterocycles. The number of hydrogen-bond donors (Lipinski definition) is 0. The lowest BCUT2D eigenvalue weighted by atomic mass is 10.1. The third-order valence-corrected chi connectivity index (χ3v) is 5.00. The SMILES string of the molecule is COc1ccccc1OCC(=O)N(CCC(=O)N1CCCCC1)C1CC1. The van der Waals surface area contributed by atoms with Gasteiger partial charge in [0.05, 0.1) is 7.11 Å². The third-order valence-electron chi connectivity index (χ3n) is 5.00. The van der Waals surface area contributed by atoms with Crippen molar-refractivity contribution >= 4 is 11.8 Å². The molecule has 0 atom stereocenters. The number of carbonyl (C=O) groups is 2. The molecule has 1 saturated carbocycles. The number of rotatable bonds is 8. The van der Waals surface area contributed by atoms with Gasteiger partial charge in [0.2, 0.25) is 5.91 Å². The molecule has 6 heteroatoms. The van der Waals surface area contributed by atoms with Gasteiger partial charge in [0, 0.05) is 32.1 Å². The Kier molecular flexibility index (Phi) is 6.36. The molecule has 2 amide bonds. The summed E-state index contributed by atoms with van der Waals surface area (Å²) >= 11 is 0. The molecule has 1 aromatic carbocycles. The molecule has 2 fully saturated rings. The van der Waals surface area contributed by atoms with Crippen molar-refractivity contribution in [2.75, 3.05) is 33.4 Å². The molecule has 0 spiro atoms. The summed E-state index contributed by atoms with van der Waals surface area (Å²) in [4.78, 5) is 28.7. The number of likely N-dealkylation sites (tertiary alicyclic amines) is 1. The van der Waals surface area contributed by atoms with Crippen molar-refractivity contribution < 1.29 is 19.1 Å². The predicted molar refractivity (Wildman–Crippen MR) is 98.3 cm³/mol. The molecule has 0 aromatic heterocycles. The van der Waals surface area contributed by atoms with Crippen LogP contribution in [0.3, 0.4) is 0 Å². The third kappa shape index (κ3) is 4.90. The van der Waals surface area contributed by atoms with Gasteiger partial charge in [0.15, 0.2) is 18.1 Å². The topological polar surface area (TPSA) is 59.1 Å². The Morgan fingerprint density at radius 1 is 1.12 bits per heavy atom. The monoisotopic (exact) mass is 360 g/mol. The Morgan fingerprint density at radius 2 is 1.81 bits per heavy atom. The van der Waals surface area contributed by atoms with Crippen molar-refractivity contribution in [3.05, 3.63) is 24.3 Å². The maximum atomic E-state index is 12.6. The molecule has 0 bridgehead atoms. The number of carbonyl (C=O) groups excluding carboxylic acids is 2. The van der Waals surface area contributed by atoms with E-state index in [9.17, 15) is 9.59 Å². The van der Waals surface area contributed by atoms with E-state index in [0.29, 0.717) is 24.5 Å². The van der Waals surface area contributed by atoms with Crippen molar-refractivity contribution in [2.45, 2.75) is 44.6 Å². The molecule has 0 radical (unpaired) electrons. The number of benzene rings is 1. The van der Waals surface area contributed by atoms with E-state index in [2.05, 4.69) is 0 Å². The number of amides is 2. The molecule has 1 heterocycles. The molecule has 0 unspecified atom stereocenters. The highest BCUT2D eigenvalue weighted by Gasteiger charge is 2.33. The van der Waals surface area contributed by atoms with E-state index in [4.69, 9.17) is 9.47 Å². The van der Waals surface area contributed by atoms with E-state index in [1.54, 1.807) is 19.2 Å². The normalized spacial score (nSPS) is 16.9. The highest BCUT2D eigenvalue weighted by molar-refractivity contribution is 5.80. The van der Waals surface area contributed by atoms with Crippen LogP contribution >= 0.6 is 0 Å². The lowest BCUT2D eigenvalue weighted by Gasteiger charge is -2.28. The number of piperidine rings is 1. The number of nitrogens with zero attached hydrogens (tertiary/aromatic N) is 2. The van der Waals surface area contributed by atoms with Crippen LogP contribution in [0.4, 0.5) is 0 Å². The molecule has 26 heavy (non-hydrogen) atoms. The Bertz CT molecular complexity index is 624. The maximum Gasteiger partial charge on any atom is 0.260 e. The Labute approximate surface area is 155 Å². The standard InChI is InChI=1S/C20H28N2O4/c1-25-17-7-3-4-8-18(17)26-15-20(24)22(16-9-10-16)14-11-19(23)21-12-5-2-6-13-21/h3-4,7-8,16H,2,5-6,9-15H2,1H3. The zero-order valence-electron chi connectivity index (χ0n) is 15.5. The van der Waals surface area contributed by atoms with Gasteiger partial charge in [-0.1, -0.05) is 12.1 Å². The highest BCUT2D eigenvalue weighted by Crippen LogP contribution is 2.29. The van der Waals surface area contributed by atoms with E-state index in [1.807, 2.05) is 21.9 Å². The fourth-order valence-corrected chi connectivity index (χ4v) is 3.38. The first-order chi connectivity index (χ1) is 12.7. The van der Waals surface area contributed by atoms with Crippen LogP contribution in [0.2, 0.25) is 0 Å². The largest absolute Gasteiger partial charge is 0.493 e. The van der Waals surface area contributed by atoms with Crippen molar-refractivity contribution in [2.24, 2.45) is 0 Å². The molecule has 1 aromatic rings. The first-order valence-electron chi connectivity index (χ1n) is 9.52. The van der Waals surface area contributed by atoms with E-state index >= 15 is 0 Å². The number of methoxy groups -OCH3 is 1. The molecule has 142 valence electrons. The number of ether oxygens (including phenoxy) is 2. The molecular weight excluding hydrogens is 332 g/mol. The van der Waals surface area contributed by atoms with Crippen LogP contribution in [0.15, 0.2) is 24.3 Å². The Hall–Kier alpha value is -2.24. The van der Waals surface area contributed by atoms with Crippen molar-refractivity contribution in [3.63, 3.8) is 0 Å². The van der Waals surface area contributed by atoms with E-state index in [1.165, 1.54) is 6.42 Å². The smallest absolute Gasteiger partial charge is 0.260 e. The molecule has 3 rings (SSSR count). The Morgan fingerprint density at radius 3 is 2.46 bits per heavy atom. The minimum absolute atomic E-state index is 0.0330. The van der Waals surface area contributed by atoms with Crippen LogP contribution in [0.25, 0.3) is 0 Å². The molecule has 1 aliphatic heterocycles. The fourth-order valence-electron chi connectivity index (χ4n) is 3.38. The summed E-state index contributed by atoms with van der Waals surface area (Å²) in [6.07, 6.45) is 5.80. The van der Waals surface area contributed by atoms with Gasteiger partial charge in [-0.25, -0.2) is 0 Å². The lowest BCUT2D eigenvalue weighted by molar-refractivity contribution is -0.136. The molecule has 6 nitrogen and oxygen atoms in total. The zero-order chi connectivity index (χ0) is 18.4. The van der Waals surface area contributed by atoms with Gasteiger partial charge in [-0.05, 0) is 44.2 Å². The summed E-state index contributed by atoms with van der Waals surface area (Å²) in [6, 6.07) is 7.55. The van der Waals surface area contributed by atoms with Crippen LogP contribution in [-0.2, 0) is 9.59 Å². The summed E-state index contributed by atoms with van der Waals surface area (Å²) in [5.41, 5.74) is 0. The first-order valence-corrected chi connectivity index (χ1v) is 9.52. The van der Waals surface area contributed by atoms with Gasteiger partial charge < -0.3 is 19.3 Å². The van der Waals surface area contributed by atoms with Gasteiger partial charge >= 0.3 is 0 Å². The van der Waals surface area contributed by atoms with Crippen molar-refractivity contribution in [1.82, 2.24) is 9.80 Å². The van der Waals surface area contributed by atoms with E-state index in [0.717, 1.165) is 38.8 Å². The van der Waals surface area contributed by atoms with Gasteiger partial charge in [0.1, 0.15) is 0 Å². The summed E-state index contributed by atoms with van der Waals surface area (Å²) in [5, 5.41) is 0. The zero-order valence-corrected chi connectivity index (χ0v) is 15.5. The molecule has 2 aliphatic rings. The van der Waals surface area contributed by atoms with Gasteiger partial charge in [-0.15, -0.1) is 0 Å². The average molecular weight is 360 g/mol. The van der Waals surface area contributed by atoms with E-state index < -0.39 is 0 Å². The highest BCUT2D eigenvalue weighted by atomic mass is 16.5. The van der Waals surface area contributed by atoms with Crippen LogP contribution in [0.1, 0.15) is 38.5 Å². The minimum Gasteiger partial charge on any atom is -0.493 e. The van der Waals surface area contributed by atoms with Gasteiger partial charge in [-0.2, -0.15) is 0 Å². The van der Waals surface area contributed by atoms with Crippen molar-refractivity contribution in [3.8, 4) is 11.5 Å². The summed E-state index contributed by atoms with van der Waals surface area (Å²) in [6.45, 7) is 2.16. The minimum atomic E-state index is -0.0650. The summed E-state index contributed by atoms with van der Waals surface area (Å²) in [7, 11) is 1.58. The lowest BCUT2D eigenvalue weighted by Crippen LogP contribution is -2.41. The van der Waals surface area contributed by atoms with E-state index in [-0.39, 0.29) is 24.5 Å². The fraction of sp³-hybridized carbons (Fsp3) is 0.600. The quantitative estimate of drug-likeness (QED) is 0.715. The average Bonchev–Trinajstić information content (AvgIpc) is 3.52. The molecule has 1 aliphatic carbocycles. The van der Waals surface area contributed by atoms with Crippen molar-refractivity contribution in [1.29, 1.82) is 0 Å². The Balaban J connectivity index is 1.50. The number of hydrogen-bond acceptors (Lipinski definition) is 4. The number of para-hydroxylation sites is 2. The molecule has 0 N–H and O–H groups in total. The van der Waals surface area contributed by atoms with Gasteiger partial charge in [0.25, 0.3) is 5.91 Å². The first kappa shape index (κ1) is 18.5. The summed E-state index contributed by atoms with van der Waals surface area (Å²) < 4.78 is 10.9. The summed E-state index contributed by atoms with van der Waals surface area (Å²) in [5.74, 6) is 1.26. The second-order valence-electron chi connectivity index (χ2n) is 6.95. The predicted octanol–water partition coefficient (Wildman–Crippen LogP) is 2.47. The van der Waals surface area contributed by atoms with Crippen LogP contribution in [0.5, 0.6) is 11.5 Å². The second kappa shape index (κ2) is 8.92. The second-order valence-corrected chi connectivity index (χ2v) is 6.95. The van der Waals surface area contributed by atoms with Crippen LogP contribution in [0, 0.1) is 0 Å².